The SMILES string of the molecule is COc1ccc(Cl)cc1Nc1nc(OCC(=O)O)cc(-c2ccccc2)n1. The van der Waals surface area contributed by atoms with Crippen molar-refractivity contribution in [1.29, 1.82) is 0 Å². The number of benzene rings is 2. The lowest BCUT2D eigenvalue weighted by atomic mass is 10.1. The van der Waals surface area contributed by atoms with Gasteiger partial charge in [-0.25, -0.2) is 9.78 Å². The number of nitrogens with one attached hydrogen (secondary N) is 1. The quantitative estimate of drug-likeness (QED) is 0.634. The Hall–Kier alpha value is -3.32. The largest absolute Gasteiger partial charge is 0.495 e. The van der Waals surface area contributed by atoms with E-state index in [1.807, 2.05) is 30.3 Å². The second-order valence-corrected chi connectivity index (χ2v) is 5.87. The number of anilines is 2. The van der Waals surface area contributed by atoms with Crippen LogP contribution in [0.25, 0.3) is 11.3 Å². The highest BCUT2D eigenvalue weighted by Gasteiger charge is 2.12. The van der Waals surface area contributed by atoms with Gasteiger partial charge in [-0.05, 0) is 18.2 Å². The van der Waals surface area contributed by atoms with Gasteiger partial charge in [-0.3, -0.25) is 0 Å². The van der Waals surface area contributed by atoms with Gasteiger partial charge in [0.25, 0.3) is 0 Å². The van der Waals surface area contributed by atoms with Gasteiger partial charge in [0.2, 0.25) is 11.8 Å². The molecule has 8 heteroatoms. The fourth-order valence-corrected chi connectivity index (χ4v) is 2.52. The molecule has 3 aromatic rings. The second-order valence-electron chi connectivity index (χ2n) is 5.43. The van der Waals surface area contributed by atoms with Gasteiger partial charge in [0.1, 0.15) is 5.75 Å². The first-order valence-electron chi connectivity index (χ1n) is 7.95. The van der Waals surface area contributed by atoms with E-state index in [9.17, 15) is 4.79 Å². The van der Waals surface area contributed by atoms with Crippen molar-refractivity contribution in [3.8, 4) is 22.9 Å². The van der Waals surface area contributed by atoms with E-state index in [0.717, 1.165) is 5.56 Å². The number of carboxylic acids is 1. The van der Waals surface area contributed by atoms with Gasteiger partial charge in [0, 0.05) is 16.7 Å². The molecule has 2 N–H and O–H groups in total. The molecule has 1 heterocycles. The number of nitrogens with zero attached hydrogens (tertiary/aromatic N) is 2. The monoisotopic (exact) mass is 385 g/mol. The molecule has 0 bridgehead atoms. The lowest BCUT2D eigenvalue weighted by Gasteiger charge is -2.13. The summed E-state index contributed by atoms with van der Waals surface area (Å²) in [5.74, 6) is -0.186. The molecule has 2 aromatic carbocycles. The van der Waals surface area contributed by atoms with Crippen molar-refractivity contribution in [2.45, 2.75) is 0 Å². The fraction of sp³-hybridized carbons (Fsp3) is 0.105. The maximum absolute atomic E-state index is 10.8. The highest BCUT2D eigenvalue weighted by atomic mass is 35.5. The Morgan fingerprint density at radius 1 is 1.15 bits per heavy atom. The summed E-state index contributed by atoms with van der Waals surface area (Å²) in [7, 11) is 1.54. The third-order valence-electron chi connectivity index (χ3n) is 3.52. The zero-order valence-electron chi connectivity index (χ0n) is 14.3. The normalized spacial score (nSPS) is 10.3. The molecule has 0 unspecified atom stereocenters. The van der Waals surface area contributed by atoms with E-state index in [4.69, 9.17) is 26.2 Å². The Kier molecular flexibility index (Phi) is 5.73. The van der Waals surface area contributed by atoms with Crippen LogP contribution < -0.4 is 14.8 Å². The van der Waals surface area contributed by atoms with Crippen molar-refractivity contribution in [1.82, 2.24) is 9.97 Å². The van der Waals surface area contributed by atoms with Gasteiger partial charge in [-0.2, -0.15) is 4.98 Å². The Morgan fingerprint density at radius 3 is 2.63 bits per heavy atom. The minimum Gasteiger partial charge on any atom is -0.495 e. The summed E-state index contributed by atoms with van der Waals surface area (Å²) >= 11 is 6.06. The van der Waals surface area contributed by atoms with E-state index in [1.165, 1.54) is 7.11 Å². The average Bonchev–Trinajstić information content (AvgIpc) is 2.67. The minimum absolute atomic E-state index is 0.134. The van der Waals surface area contributed by atoms with Crippen LogP contribution >= 0.6 is 11.6 Å². The molecule has 0 fully saturated rings. The van der Waals surface area contributed by atoms with Crippen LogP contribution in [0.15, 0.2) is 54.6 Å². The van der Waals surface area contributed by atoms with Gasteiger partial charge in [0.05, 0.1) is 18.5 Å². The van der Waals surface area contributed by atoms with Crippen LogP contribution in [-0.4, -0.2) is 34.8 Å². The van der Waals surface area contributed by atoms with Crippen LogP contribution in [0.2, 0.25) is 5.02 Å². The summed E-state index contributed by atoms with van der Waals surface area (Å²) in [6.07, 6.45) is 0. The van der Waals surface area contributed by atoms with E-state index in [2.05, 4.69) is 15.3 Å². The molecule has 1 aromatic heterocycles. The third-order valence-corrected chi connectivity index (χ3v) is 3.76. The van der Waals surface area contributed by atoms with E-state index in [1.54, 1.807) is 24.3 Å². The third kappa shape index (κ3) is 4.86. The van der Waals surface area contributed by atoms with Crippen LogP contribution in [0.3, 0.4) is 0 Å². The lowest BCUT2D eigenvalue weighted by molar-refractivity contribution is -0.139. The second kappa shape index (κ2) is 8.37. The van der Waals surface area contributed by atoms with Crippen molar-refractivity contribution in [3.05, 3.63) is 59.6 Å². The van der Waals surface area contributed by atoms with Gasteiger partial charge in [-0.1, -0.05) is 41.9 Å². The molecule has 0 spiro atoms. The first-order chi connectivity index (χ1) is 13.0. The van der Waals surface area contributed by atoms with Crippen molar-refractivity contribution in [3.63, 3.8) is 0 Å². The molecule has 27 heavy (non-hydrogen) atoms. The first-order valence-corrected chi connectivity index (χ1v) is 8.32. The summed E-state index contributed by atoms with van der Waals surface area (Å²) in [6, 6.07) is 16.1. The highest BCUT2D eigenvalue weighted by molar-refractivity contribution is 6.31. The van der Waals surface area contributed by atoms with E-state index in [0.29, 0.717) is 22.2 Å². The van der Waals surface area contributed by atoms with E-state index >= 15 is 0 Å². The summed E-state index contributed by atoms with van der Waals surface area (Å²) in [4.78, 5) is 19.5. The number of carboxylic acid groups (broad SMARTS) is 1. The van der Waals surface area contributed by atoms with Crippen LogP contribution in [-0.2, 0) is 4.79 Å². The topological polar surface area (TPSA) is 93.6 Å². The highest BCUT2D eigenvalue weighted by Crippen LogP contribution is 2.31. The number of rotatable bonds is 7. The maximum Gasteiger partial charge on any atom is 0.341 e. The number of ether oxygens (including phenoxy) is 2. The number of aromatic nitrogens is 2. The van der Waals surface area contributed by atoms with Gasteiger partial charge < -0.3 is 19.9 Å². The number of methoxy groups -OCH3 is 1. The molecule has 0 aliphatic heterocycles. The number of halogens is 1. The molecule has 0 aliphatic rings. The van der Waals surface area contributed by atoms with Crippen molar-refractivity contribution < 1.29 is 19.4 Å². The summed E-state index contributed by atoms with van der Waals surface area (Å²) in [6.45, 7) is -0.509. The van der Waals surface area contributed by atoms with Crippen molar-refractivity contribution in [2.24, 2.45) is 0 Å². The predicted molar refractivity (Wildman–Crippen MR) is 102 cm³/mol. The van der Waals surface area contributed by atoms with Crippen LogP contribution in [0, 0.1) is 0 Å². The Labute approximate surface area is 160 Å². The molecule has 0 amide bonds. The van der Waals surface area contributed by atoms with Crippen molar-refractivity contribution in [2.75, 3.05) is 19.0 Å². The number of hydrogen-bond donors (Lipinski definition) is 2. The van der Waals surface area contributed by atoms with Crippen molar-refractivity contribution >= 4 is 29.2 Å². The Balaban J connectivity index is 1.99. The molecule has 3 rings (SSSR count). The summed E-state index contributed by atoms with van der Waals surface area (Å²) in [5.41, 5.74) is 1.98. The van der Waals surface area contributed by atoms with Gasteiger partial charge >= 0.3 is 5.97 Å². The molecule has 0 atom stereocenters. The molecule has 0 saturated carbocycles. The molecular weight excluding hydrogens is 370 g/mol. The van der Waals surface area contributed by atoms with Gasteiger partial charge in [-0.15, -0.1) is 0 Å². The zero-order chi connectivity index (χ0) is 19.2. The standard InChI is InChI=1S/C19H16ClN3O4/c1-26-16-8-7-13(20)9-15(16)22-19-21-14(12-5-3-2-4-6-12)10-17(23-19)27-11-18(24)25/h2-10H,11H2,1H3,(H,24,25)(H,21,22,23). The van der Waals surface area contributed by atoms with Crippen LogP contribution in [0.1, 0.15) is 0 Å². The van der Waals surface area contributed by atoms with Crippen LogP contribution in [0.4, 0.5) is 11.6 Å². The molecule has 0 aliphatic carbocycles. The Bertz CT molecular complexity index is 951. The number of hydrogen-bond acceptors (Lipinski definition) is 6. The first kappa shape index (κ1) is 18.5. The van der Waals surface area contributed by atoms with Crippen LogP contribution in [0.5, 0.6) is 11.6 Å². The average molecular weight is 386 g/mol. The minimum atomic E-state index is -1.10. The summed E-state index contributed by atoms with van der Waals surface area (Å²) in [5, 5.41) is 12.4. The van der Waals surface area contributed by atoms with E-state index in [-0.39, 0.29) is 11.8 Å². The number of carbonyl (C=O) groups is 1. The fourth-order valence-electron chi connectivity index (χ4n) is 2.35. The number of aliphatic carboxylic acids is 1. The molecule has 138 valence electrons. The molecule has 7 nitrogen and oxygen atoms in total. The Morgan fingerprint density at radius 2 is 1.93 bits per heavy atom. The smallest absolute Gasteiger partial charge is 0.341 e. The maximum atomic E-state index is 10.8. The molecule has 0 radical (unpaired) electrons. The molecular formula is C19H16ClN3O4. The molecule has 0 saturated heterocycles. The zero-order valence-corrected chi connectivity index (χ0v) is 15.1. The van der Waals surface area contributed by atoms with Gasteiger partial charge in [0.15, 0.2) is 6.61 Å². The lowest BCUT2D eigenvalue weighted by Crippen LogP contribution is -2.11. The predicted octanol–water partition coefficient (Wildman–Crippen LogP) is 4.01. The van der Waals surface area contributed by atoms with E-state index < -0.39 is 12.6 Å². The summed E-state index contributed by atoms with van der Waals surface area (Å²) < 4.78 is 10.6.